The average Bonchev–Trinajstić information content (AvgIpc) is 3.79. The number of hydrogen-bond acceptors (Lipinski definition) is 4. The Morgan fingerprint density at radius 3 is 1.95 bits per heavy atom. The van der Waals surface area contributed by atoms with Gasteiger partial charge in [0.2, 0.25) is 10.0 Å². The quantitative estimate of drug-likeness (QED) is 0.146. The number of sulfonamides is 1. The fourth-order valence-electron chi connectivity index (χ4n) is 6.37. The first-order valence-electron chi connectivity index (χ1n) is 14.7. The van der Waals surface area contributed by atoms with Crippen LogP contribution in [0.25, 0.3) is 11.0 Å². The van der Waals surface area contributed by atoms with Crippen LogP contribution in [0.5, 0.6) is 0 Å². The fourth-order valence-corrected chi connectivity index (χ4v) is 8.15. The number of imidazole rings is 1. The van der Waals surface area contributed by atoms with Gasteiger partial charge in [0.05, 0.1) is 15.9 Å². The van der Waals surface area contributed by atoms with Gasteiger partial charge in [-0.3, -0.25) is 0 Å². The van der Waals surface area contributed by atoms with Crippen LogP contribution in [-0.2, 0) is 10.0 Å². The standard InChI is InChI=1S/C34H32Cl2N4O2S/c35-26-11-6-22(7-12-26)33(23-8-13-27(36)14-9-23)25-10-15-31-32(20-25)40(34(38-31)24-4-5-24)29-16-18-39(19-17-29)43(41,42)30-3-1-2-28(37)21-30/h1-3,6-15,20-21,24,29,33H,4-5,16-19,37H2. The molecule has 1 aromatic heterocycles. The Morgan fingerprint density at radius 2 is 1.37 bits per heavy atom. The van der Waals surface area contributed by atoms with Crippen LogP contribution >= 0.6 is 23.2 Å². The molecule has 9 heteroatoms. The number of halogens is 2. The molecule has 0 bridgehead atoms. The molecule has 6 nitrogen and oxygen atoms in total. The molecule has 0 atom stereocenters. The second-order valence-electron chi connectivity index (χ2n) is 11.6. The first-order chi connectivity index (χ1) is 20.8. The summed E-state index contributed by atoms with van der Waals surface area (Å²) in [5.74, 6) is 1.56. The zero-order valence-corrected chi connectivity index (χ0v) is 25.9. The van der Waals surface area contributed by atoms with E-state index in [-0.39, 0.29) is 16.9 Å². The minimum Gasteiger partial charge on any atom is -0.399 e. The lowest BCUT2D eigenvalue weighted by atomic mass is 9.85. The second kappa shape index (κ2) is 11.3. The molecule has 0 radical (unpaired) electrons. The number of nitrogen functional groups attached to an aromatic ring is 1. The van der Waals surface area contributed by atoms with Crippen molar-refractivity contribution in [3.8, 4) is 0 Å². The van der Waals surface area contributed by atoms with Crippen molar-refractivity contribution in [2.24, 2.45) is 0 Å². The molecule has 220 valence electrons. The maximum absolute atomic E-state index is 13.4. The highest BCUT2D eigenvalue weighted by Crippen LogP contribution is 2.44. The Kier molecular flexibility index (Phi) is 7.46. The Balaban J connectivity index is 1.25. The molecule has 1 aliphatic carbocycles. The maximum Gasteiger partial charge on any atom is 0.243 e. The van der Waals surface area contributed by atoms with Crippen molar-refractivity contribution in [2.45, 2.75) is 48.5 Å². The van der Waals surface area contributed by atoms with Crippen LogP contribution < -0.4 is 5.73 Å². The molecule has 1 aliphatic heterocycles. The highest BCUT2D eigenvalue weighted by molar-refractivity contribution is 7.89. The lowest BCUT2D eigenvalue weighted by molar-refractivity contribution is 0.274. The summed E-state index contributed by atoms with van der Waals surface area (Å²) in [6, 6.07) is 29.3. The molecular formula is C34H32Cl2N4O2S. The molecule has 2 N–H and O–H groups in total. The van der Waals surface area contributed by atoms with Gasteiger partial charge in [0.25, 0.3) is 0 Å². The normalized spacial score (nSPS) is 16.7. The fraction of sp³-hybridized carbons (Fsp3) is 0.265. The van der Waals surface area contributed by atoms with Gasteiger partial charge in [0.15, 0.2) is 0 Å². The number of nitrogens with zero attached hydrogens (tertiary/aromatic N) is 3. The molecule has 0 spiro atoms. The Morgan fingerprint density at radius 1 is 0.767 bits per heavy atom. The van der Waals surface area contributed by atoms with Gasteiger partial charge < -0.3 is 10.3 Å². The number of anilines is 1. The van der Waals surface area contributed by atoms with Crippen LogP contribution in [-0.4, -0.2) is 35.4 Å². The topological polar surface area (TPSA) is 81.2 Å². The molecule has 7 rings (SSSR count). The number of piperidine rings is 1. The first-order valence-corrected chi connectivity index (χ1v) is 16.9. The van der Waals surface area contributed by atoms with Crippen molar-refractivity contribution in [1.29, 1.82) is 0 Å². The van der Waals surface area contributed by atoms with Crippen molar-refractivity contribution in [3.63, 3.8) is 0 Å². The number of hydrogen-bond donors (Lipinski definition) is 1. The summed E-state index contributed by atoms with van der Waals surface area (Å²) in [4.78, 5) is 5.37. The zero-order chi connectivity index (χ0) is 29.7. The summed E-state index contributed by atoms with van der Waals surface area (Å²) in [6.45, 7) is 0.896. The van der Waals surface area contributed by atoms with Crippen molar-refractivity contribution in [3.05, 3.63) is 124 Å². The summed E-state index contributed by atoms with van der Waals surface area (Å²) in [5, 5.41) is 1.40. The summed E-state index contributed by atoms with van der Waals surface area (Å²) >= 11 is 12.5. The summed E-state index contributed by atoms with van der Waals surface area (Å²) in [6.07, 6.45) is 3.71. The number of fused-ring (bicyclic) bond motifs is 1. The van der Waals surface area contributed by atoms with E-state index in [1.54, 1.807) is 22.5 Å². The zero-order valence-electron chi connectivity index (χ0n) is 23.5. The van der Waals surface area contributed by atoms with E-state index in [1.807, 2.05) is 24.3 Å². The number of nitrogens with two attached hydrogens (primary N) is 1. The Bertz CT molecular complexity index is 1850. The van der Waals surface area contributed by atoms with Crippen molar-refractivity contribution in [2.75, 3.05) is 18.8 Å². The number of aromatic nitrogens is 2. The lowest BCUT2D eigenvalue weighted by Crippen LogP contribution is -2.39. The van der Waals surface area contributed by atoms with Gasteiger partial charge in [-0.1, -0.05) is 59.6 Å². The molecule has 5 aromatic rings. The van der Waals surface area contributed by atoms with Gasteiger partial charge in [-0.25, -0.2) is 13.4 Å². The van der Waals surface area contributed by atoms with Crippen molar-refractivity contribution >= 4 is 49.9 Å². The van der Waals surface area contributed by atoms with E-state index in [4.69, 9.17) is 33.9 Å². The summed E-state index contributed by atoms with van der Waals surface area (Å²) in [7, 11) is -3.61. The molecule has 0 unspecified atom stereocenters. The van der Waals surface area contributed by atoms with Crippen LogP contribution in [0.4, 0.5) is 5.69 Å². The van der Waals surface area contributed by atoms with Crippen molar-refractivity contribution < 1.29 is 8.42 Å². The molecule has 4 aromatic carbocycles. The highest BCUT2D eigenvalue weighted by atomic mass is 35.5. The third-order valence-electron chi connectivity index (χ3n) is 8.71. The minimum atomic E-state index is -3.61. The Labute approximate surface area is 262 Å². The van der Waals surface area contributed by atoms with Crippen molar-refractivity contribution in [1.82, 2.24) is 13.9 Å². The molecule has 43 heavy (non-hydrogen) atoms. The van der Waals surface area contributed by atoms with E-state index in [2.05, 4.69) is 47.0 Å². The molecular weight excluding hydrogens is 599 g/mol. The van der Waals surface area contributed by atoms with Crippen LogP contribution in [0.2, 0.25) is 10.0 Å². The third kappa shape index (κ3) is 5.55. The number of benzene rings is 4. The minimum absolute atomic E-state index is 0.0167. The van der Waals surface area contributed by atoms with Gasteiger partial charge in [0.1, 0.15) is 5.82 Å². The van der Waals surface area contributed by atoms with Crippen LogP contribution in [0.3, 0.4) is 0 Å². The maximum atomic E-state index is 13.4. The largest absolute Gasteiger partial charge is 0.399 e. The van der Waals surface area contributed by atoms with Gasteiger partial charge >= 0.3 is 0 Å². The van der Waals surface area contributed by atoms with E-state index in [1.165, 1.54) is 6.07 Å². The first kappa shape index (κ1) is 28.4. The lowest BCUT2D eigenvalue weighted by Gasteiger charge is -2.33. The van der Waals surface area contributed by atoms with Gasteiger partial charge in [-0.05, 0) is 97.0 Å². The smallest absolute Gasteiger partial charge is 0.243 e. The predicted molar refractivity (Wildman–Crippen MR) is 173 cm³/mol. The molecule has 1 saturated carbocycles. The van der Waals surface area contributed by atoms with Crippen LogP contribution in [0.15, 0.2) is 95.9 Å². The van der Waals surface area contributed by atoms with E-state index in [0.717, 1.165) is 59.2 Å². The van der Waals surface area contributed by atoms with E-state index < -0.39 is 10.0 Å². The highest BCUT2D eigenvalue weighted by Gasteiger charge is 2.35. The predicted octanol–water partition coefficient (Wildman–Crippen LogP) is 8.01. The summed E-state index contributed by atoms with van der Waals surface area (Å²) in [5.41, 5.74) is 11.8. The number of rotatable bonds is 7. The molecule has 1 saturated heterocycles. The molecule has 2 heterocycles. The third-order valence-corrected chi connectivity index (χ3v) is 11.1. The van der Waals surface area contributed by atoms with Gasteiger partial charge in [0, 0.05) is 46.7 Å². The van der Waals surface area contributed by atoms with Crippen LogP contribution in [0.1, 0.15) is 66.1 Å². The van der Waals surface area contributed by atoms with Gasteiger partial charge in [-0.15, -0.1) is 0 Å². The average molecular weight is 632 g/mol. The molecule has 2 aliphatic rings. The molecule has 0 amide bonds. The van der Waals surface area contributed by atoms with E-state index in [9.17, 15) is 8.42 Å². The van der Waals surface area contributed by atoms with Crippen LogP contribution in [0, 0.1) is 0 Å². The van der Waals surface area contributed by atoms with Gasteiger partial charge in [-0.2, -0.15) is 4.31 Å². The van der Waals surface area contributed by atoms with E-state index >= 15 is 0 Å². The summed E-state index contributed by atoms with van der Waals surface area (Å²) < 4.78 is 30.8. The monoisotopic (exact) mass is 630 g/mol. The second-order valence-corrected chi connectivity index (χ2v) is 14.4. The molecule has 2 fully saturated rings. The van der Waals surface area contributed by atoms with E-state index in [0.29, 0.717) is 34.7 Å². The Hall–Kier alpha value is -3.36. The SMILES string of the molecule is Nc1cccc(S(=O)(=O)N2CCC(n3c(C4CC4)nc4ccc(C(c5ccc(Cl)cc5)c5ccc(Cl)cc5)cc43)CC2)c1.